The third-order valence-corrected chi connectivity index (χ3v) is 5.97. The zero-order valence-corrected chi connectivity index (χ0v) is 19.0. The maximum Gasteiger partial charge on any atom is 0.416 e. The molecule has 1 saturated heterocycles. The molecule has 1 fully saturated rings. The summed E-state index contributed by atoms with van der Waals surface area (Å²) < 4.78 is 63.8. The number of hydrogen-bond donors (Lipinski definition) is 0. The van der Waals surface area contributed by atoms with E-state index >= 15 is 0 Å². The maximum absolute atomic E-state index is 12.7. The van der Waals surface area contributed by atoms with Crippen LogP contribution < -0.4 is 4.74 Å². The van der Waals surface area contributed by atoms with Crippen LogP contribution in [0, 0.1) is 0 Å². The summed E-state index contributed by atoms with van der Waals surface area (Å²) >= 11 is 0. The van der Waals surface area contributed by atoms with Gasteiger partial charge in [0.1, 0.15) is 11.9 Å². The highest BCUT2D eigenvalue weighted by Gasteiger charge is 2.47. The number of methoxy groups -OCH3 is 1. The lowest BCUT2D eigenvalue weighted by molar-refractivity contribution is -0.196. The van der Waals surface area contributed by atoms with E-state index in [4.69, 9.17) is 18.9 Å². The predicted molar refractivity (Wildman–Crippen MR) is 118 cm³/mol. The minimum atomic E-state index is -4.35. The van der Waals surface area contributed by atoms with Gasteiger partial charge >= 0.3 is 6.18 Å². The van der Waals surface area contributed by atoms with Crippen LogP contribution in [0.3, 0.4) is 0 Å². The van der Waals surface area contributed by atoms with E-state index in [2.05, 4.69) is 4.98 Å². The van der Waals surface area contributed by atoms with Gasteiger partial charge in [-0.05, 0) is 35.4 Å². The predicted octanol–water partition coefficient (Wildman–Crippen LogP) is 5.04. The molecule has 1 aromatic heterocycles. The third kappa shape index (κ3) is 5.60. The highest BCUT2D eigenvalue weighted by Crippen LogP contribution is 2.39. The second-order valence-electron chi connectivity index (χ2n) is 8.30. The second kappa shape index (κ2) is 10.2. The maximum atomic E-state index is 12.7. The fourth-order valence-electron chi connectivity index (χ4n) is 3.99. The molecule has 3 aromatic rings. The highest BCUT2D eigenvalue weighted by molar-refractivity contribution is 5.30. The van der Waals surface area contributed by atoms with Crippen molar-refractivity contribution >= 4 is 0 Å². The molecule has 0 saturated carbocycles. The van der Waals surface area contributed by atoms with Gasteiger partial charge in [0.15, 0.2) is 5.79 Å². The fraction of sp³-hybridized carbons (Fsp3) is 0.400. The largest absolute Gasteiger partial charge is 0.497 e. The smallest absolute Gasteiger partial charge is 0.416 e. The Morgan fingerprint density at radius 1 is 1.15 bits per heavy atom. The zero-order valence-electron chi connectivity index (χ0n) is 19.0. The van der Waals surface area contributed by atoms with Crippen LogP contribution >= 0.6 is 0 Å². The Hall–Kier alpha value is -2.88. The molecule has 0 radical (unpaired) electrons. The van der Waals surface area contributed by atoms with Crippen LogP contribution in [0.25, 0.3) is 0 Å². The summed E-state index contributed by atoms with van der Waals surface area (Å²) in [7, 11) is 1.62. The molecule has 9 heteroatoms. The molecule has 2 aromatic carbocycles. The van der Waals surface area contributed by atoms with Crippen molar-refractivity contribution in [3.63, 3.8) is 0 Å². The number of rotatable bonds is 9. The summed E-state index contributed by atoms with van der Waals surface area (Å²) in [6.07, 6.45) is 0.588. The van der Waals surface area contributed by atoms with E-state index in [-0.39, 0.29) is 25.2 Å². The lowest BCUT2D eigenvalue weighted by Crippen LogP contribution is -2.41. The number of halogens is 3. The average molecular weight is 476 g/mol. The van der Waals surface area contributed by atoms with Gasteiger partial charge in [0.2, 0.25) is 0 Å². The van der Waals surface area contributed by atoms with Gasteiger partial charge in [-0.1, -0.05) is 31.2 Å². The number of aromatic nitrogens is 2. The van der Waals surface area contributed by atoms with Crippen LogP contribution in [0.15, 0.2) is 67.3 Å². The molecule has 4 rings (SSSR count). The molecule has 1 aliphatic rings. The van der Waals surface area contributed by atoms with E-state index < -0.39 is 17.5 Å². The first kappa shape index (κ1) is 24.3. The minimum absolute atomic E-state index is 0.110. The molecule has 0 bridgehead atoms. The van der Waals surface area contributed by atoms with Crippen molar-refractivity contribution in [2.75, 3.05) is 20.3 Å². The normalized spacial score (nSPS) is 21.5. The van der Waals surface area contributed by atoms with Gasteiger partial charge in [0.25, 0.3) is 0 Å². The number of imidazole rings is 1. The number of ether oxygens (including phenoxy) is 4. The highest BCUT2D eigenvalue weighted by atomic mass is 19.4. The zero-order chi connectivity index (χ0) is 24.2. The number of nitrogens with zero attached hydrogens (tertiary/aromatic N) is 2. The first-order valence-electron chi connectivity index (χ1n) is 10.9. The van der Waals surface area contributed by atoms with Crippen molar-refractivity contribution in [2.24, 2.45) is 0 Å². The Labute approximate surface area is 196 Å². The molecule has 6 nitrogen and oxygen atoms in total. The Morgan fingerprint density at radius 2 is 1.88 bits per heavy atom. The first-order chi connectivity index (χ1) is 16.3. The van der Waals surface area contributed by atoms with Gasteiger partial charge in [-0.2, -0.15) is 13.2 Å². The van der Waals surface area contributed by atoms with Crippen molar-refractivity contribution in [1.29, 1.82) is 0 Å². The summed E-state index contributed by atoms with van der Waals surface area (Å²) in [4.78, 5) is 4.11. The molecule has 3 atom stereocenters. The van der Waals surface area contributed by atoms with Gasteiger partial charge in [0.05, 0.1) is 45.4 Å². The lowest BCUT2D eigenvalue weighted by Gasteiger charge is -2.34. The topological polar surface area (TPSA) is 54.7 Å². The molecule has 0 spiro atoms. The SMILES string of the molecule is COc1ccc(C(C)C2(Cn3ccnc3)OCC(COCc3ccc(C(F)(F)F)cc3)O2)cc1. The first-order valence-corrected chi connectivity index (χ1v) is 10.9. The number of hydrogen-bond acceptors (Lipinski definition) is 5. The van der Waals surface area contributed by atoms with Crippen LogP contribution in [0.4, 0.5) is 13.2 Å². The Bertz CT molecular complexity index is 1040. The van der Waals surface area contributed by atoms with Gasteiger partial charge < -0.3 is 23.5 Å². The van der Waals surface area contributed by atoms with Crippen LogP contribution in [0.2, 0.25) is 0 Å². The monoisotopic (exact) mass is 476 g/mol. The second-order valence-corrected chi connectivity index (χ2v) is 8.30. The van der Waals surface area contributed by atoms with Gasteiger partial charge in [0, 0.05) is 18.3 Å². The standard InChI is InChI=1S/C25H27F3N2O4/c1-18(20-5-9-22(31-2)10-6-20)24(16-30-12-11-29-17-30)33-15-23(34-24)14-32-13-19-3-7-21(8-4-19)25(26,27)28/h3-12,17-18,23H,13-16H2,1-2H3. The Morgan fingerprint density at radius 3 is 2.50 bits per heavy atom. The van der Waals surface area contributed by atoms with Crippen molar-refractivity contribution in [3.8, 4) is 5.75 Å². The molecule has 0 aliphatic carbocycles. The van der Waals surface area contributed by atoms with Gasteiger partial charge in [-0.15, -0.1) is 0 Å². The van der Waals surface area contributed by atoms with Crippen molar-refractivity contribution in [1.82, 2.24) is 9.55 Å². The summed E-state index contributed by atoms with van der Waals surface area (Å²) in [5.74, 6) is -0.277. The Kier molecular flexibility index (Phi) is 7.25. The Balaban J connectivity index is 1.40. The van der Waals surface area contributed by atoms with Crippen molar-refractivity contribution in [2.45, 2.75) is 44.1 Å². The van der Waals surface area contributed by atoms with Crippen LogP contribution in [0.5, 0.6) is 5.75 Å². The number of benzene rings is 2. The molecular weight excluding hydrogens is 449 g/mol. The summed E-state index contributed by atoms with van der Waals surface area (Å²) in [5, 5.41) is 0. The average Bonchev–Trinajstić information content (AvgIpc) is 3.49. The number of alkyl halides is 3. The van der Waals surface area contributed by atoms with Crippen LogP contribution in [-0.4, -0.2) is 41.8 Å². The van der Waals surface area contributed by atoms with E-state index in [1.807, 2.05) is 42.0 Å². The van der Waals surface area contributed by atoms with Gasteiger partial charge in [-0.25, -0.2) is 4.98 Å². The fourth-order valence-corrected chi connectivity index (χ4v) is 3.99. The van der Waals surface area contributed by atoms with E-state index in [1.54, 1.807) is 19.6 Å². The van der Waals surface area contributed by atoms with E-state index in [9.17, 15) is 13.2 Å². The van der Waals surface area contributed by atoms with E-state index in [1.165, 1.54) is 12.1 Å². The summed E-state index contributed by atoms with van der Waals surface area (Å²) in [5.41, 5.74) is 1.01. The van der Waals surface area contributed by atoms with E-state index in [0.717, 1.165) is 23.4 Å². The third-order valence-electron chi connectivity index (χ3n) is 5.97. The minimum Gasteiger partial charge on any atom is -0.497 e. The molecular formula is C25H27F3N2O4. The van der Waals surface area contributed by atoms with Gasteiger partial charge in [-0.3, -0.25) is 0 Å². The molecule has 34 heavy (non-hydrogen) atoms. The molecule has 0 N–H and O–H groups in total. The molecule has 1 aliphatic heterocycles. The quantitative estimate of drug-likeness (QED) is 0.433. The van der Waals surface area contributed by atoms with Crippen molar-refractivity contribution in [3.05, 3.63) is 83.9 Å². The molecule has 3 unspecified atom stereocenters. The van der Waals surface area contributed by atoms with E-state index in [0.29, 0.717) is 18.7 Å². The van der Waals surface area contributed by atoms with Crippen molar-refractivity contribution < 1.29 is 32.1 Å². The molecule has 2 heterocycles. The molecule has 182 valence electrons. The van der Waals surface area contributed by atoms with Crippen LogP contribution in [-0.2, 0) is 33.5 Å². The summed E-state index contributed by atoms with van der Waals surface area (Å²) in [6, 6.07) is 12.7. The summed E-state index contributed by atoms with van der Waals surface area (Å²) in [6.45, 7) is 3.25. The lowest BCUT2D eigenvalue weighted by atomic mass is 9.91. The van der Waals surface area contributed by atoms with Crippen LogP contribution in [0.1, 0.15) is 29.5 Å². The molecule has 0 amide bonds.